The van der Waals surface area contributed by atoms with Crippen molar-refractivity contribution in [2.45, 2.75) is 149 Å². The number of carbonyl (C=O) groups is 2. The lowest BCUT2D eigenvalue weighted by Crippen LogP contribution is -2.00. The van der Waals surface area contributed by atoms with Crippen LogP contribution in [0.15, 0.2) is 0 Å². The largest absolute Gasteiger partial charge is 0.300 e. The number of carbonyl (C=O) groups excluding carboxylic acids is 2. The maximum absolute atomic E-state index is 11.9. The number of unbranched alkanes of at least 4 members (excludes halogenated alkanes) is 14. The molecule has 0 saturated heterocycles. The van der Waals surface area contributed by atoms with Crippen LogP contribution in [0.1, 0.15) is 149 Å². The molecule has 160 valence electrons. The summed E-state index contributed by atoms with van der Waals surface area (Å²) in [5.74, 6) is 0.857. The Balaban J connectivity index is 3.29. The minimum absolute atomic E-state index is 0.429. The third kappa shape index (κ3) is 21.5. The molecule has 0 aromatic heterocycles. The molecule has 0 aromatic rings. The van der Waals surface area contributed by atoms with E-state index in [1.807, 2.05) is 0 Å². The quantitative estimate of drug-likeness (QED) is 0.177. The predicted molar refractivity (Wildman–Crippen MR) is 118 cm³/mol. The van der Waals surface area contributed by atoms with Gasteiger partial charge in [-0.1, -0.05) is 97.3 Å². The molecule has 0 spiro atoms. The van der Waals surface area contributed by atoms with Crippen molar-refractivity contribution in [3.05, 3.63) is 0 Å². The van der Waals surface area contributed by atoms with Gasteiger partial charge in [0.15, 0.2) is 0 Å². The molecule has 0 aliphatic heterocycles. The van der Waals surface area contributed by atoms with Gasteiger partial charge in [0.1, 0.15) is 11.6 Å². The molecule has 0 aromatic carbocycles. The Morgan fingerprint density at radius 2 is 0.593 bits per heavy atom. The van der Waals surface area contributed by atoms with Gasteiger partial charge < -0.3 is 0 Å². The van der Waals surface area contributed by atoms with E-state index < -0.39 is 0 Å². The van der Waals surface area contributed by atoms with Gasteiger partial charge in [0.25, 0.3) is 0 Å². The Kier molecular flexibility index (Phi) is 21.1. The summed E-state index contributed by atoms with van der Waals surface area (Å²) >= 11 is 0. The molecule has 0 N–H and O–H groups in total. The molecular weight excluding hydrogens is 332 g/mol. The lowest BCUT2D eigenvalue weighted by Gasteiger charge is -2.03. The summed E-state index contributed by atoms with van der Waals surface area (Å²) in [4.78, 5) is 23.8. The molecule has 0 atom stereocenters. The van der Waals surface area contributed by atoms with Crippen LogP contribution < -0.4 is 0 Å². The third-order valence-corrected chi connectivity index (χ3v) is 5.53. The molecule has 0 rings (SSSR count). The molecule has 0 saturated carbocycles. The first-order valence-electron chi connectivity index (χ1n) is 12.2. The van der Waals surface area contributed by atoms with Crippen molar-refractivity contribution in [1.82, 2.24) is 0 Å². The molecule has 2 nitrogen and oxygen atoms in total. The van der Waals surface area contributed by atoms with Crippen LogP contribution in [0, 0.1) is 0 Å². The topological polar surface area (TPSA) is 34.1 Å². The van der Waals surface area contributed by atoms with Crippen molar-refractivity contribution >= 4 is 11.6 Å². The average molecular weight is 381 g/mol. The highest BCUT2D eigenvalue weighted by Gasteiger charge is 2.04. The Bertz CT molecular complexity index is 303. The molecule has 0 radical (unpaired) electrons. The molecule has 0 aliphatic carbocycles. The van der Waals surface area contributed by atoms with Crippen LogP contribution in [-0.4, -0.2) is 11.6 Å². The van der Waals surface area contributed by atoms with E-state index in [1.54, 1.807) is 0 Å². The van der Waals surface area contributed by atoms with Gasteiger partial charge in [-0.05, 0) is 25.7 Å². The Hall–Kier alpha value is -0.660. The van der Waals surface area contributed by atoms with E-state index in [1.165, 1.54) is 77.0 Å². The van der Waals surface area contributed by atoms with E-state index in [4.69, 9.17) is 0 Å². The summed E-state index contributed by atoms with van der Waals surface area (Å²) in [7, 11) is 0. The lowest BCUT2D eigenvalue weighted by atomic mass is 10.0. The summed E-state index contributed by atoms with van der Waals surface area (Å²) < 4.78 is 0. The SMILES string of the molecule is CCCCCCCCCC(=O)CCCCCC(=O)CCCCCCCCC. The van der Waals surface area contributed by atoms with Crippen molar-refractivity contribution in [3.8, 4) is 0 Å². The summed E-state index contributed by atoms with van der Waals surface area (Å²) in [5.41, 5.74) is 0. The van der Waals surface area contributed by atoms with Crippen LogP contribution in [0.3, 0.4) is 0 Å². The summed E-state index contributed by atoms with van der Waals surface area (Å²) in [6.45, 7) is 4.48. The van der Waals surface area contributed by atoms with Gasteiger partial charge >= 0.3 is 0 Å². The van der Waals surface area contributed by atoms with Gasteiger partial charge in [0.05, 0.1) is 0 Å². The maximum atomic E-state index is 11.9. The summed E-state index contributed by atoms with van der Waals surface area (Å²) in [6.07, 6.45) is 23.7. The van der Waals surface area contributed by atoms with Crippen molar-refractivity contribution in [2.24, 2.45) is 0 Å². The third-order valence-electron chi connectivity index (χ3n) is 5.53. The average Bonchev–Trinajstić information content (AvgIpc) is 2.66. The normalized spacial score (nSPS) is 11.0. The van der Waals surface area contributed by atoms with Crippen LogP contribution in [0.5, 0.6) is 0 Å². The fourth-order valence-corrected chi connectivity index (χ4v) is 3.63. The van der Waals surface area contributed by atoms with E-state index in [2.05, 4.69) is 13.8 Å². The first-order chi connectivity index (χ1) is 13.2. The highest BCUT2D eigenvalue weighted by Crippen LogP contribution is 2.13. The molecule has 0 fully saturated rings. The van der Waals surface area contributed by atoms with Crippen molar-refractivity contribution in [3.63, 3.8) is 0 Å². The zero-order valence-electron chi connectivity index (χ0n) is 18.7. The molecule has 0 bridgehead atoms. The van der Waals surface area contributed by atoms with Crippen LogP contribution in [0.4, 0.5) is 0 Å². The van der Waals surface area contributed by atoms with E-state index in [0.717, 1.165) is 57.8 Å². The van der Waals surface area contributed by atoms with Gasteiger partial charge in [-0.15, -0.1) is 0 Å². The Labute approximate surface area is 170 Å². The van der Waals surface area contributed by atoms with Gasteiger partial charge in [-0.25, -0.2) is 0 Å². The van der Waals surface area contributed by atoms with Crippen molar-refractivity contribution in [1.29, 1.82) is 0 Å². The number of rotatable bonds is 22. The maximum Gasteiger partial charge on any atom is 0.132 e. The van der Waals surface area contributed by atoms with Gasteiger partial charge in [0.2, 0.25) is 0 Å². The zero-order chi connectivity index (χ0) is 20.0. The van der Waals surface area contributed by atoms with Crippen LogP contribution in [0.2, 0.25) is 0 Å². The minimum atomic E-state index is 0.429. The Morgan fingerprint density at radius 1 is 0.370 bits per heavy atom. The number of hydrogen-bond acceptors (Lipinski definition) is 2. The molecule has 27 heavy (non-hydrogen) atoms. The summed E-state index contributed by atoms with van der Waals surface area (Å²) in [5, 5.41) is 0. The van der Waals surface area contributed by atoms with E-state index in [0.29, 0.717) is 11.6 Å². The second-order valence-corrected chi connectivity index (χ2v) is 8.38. The van der Waals surface area contributed by atoms with Crippen LogP contribution in [-0.2, 0) is 9.59 Å². The van der Waals surface area contributed by atoms with Gasteiger partial charge in [-0.2, -0.15) is 0 Å². The first kappa shape index (κ1) is 26.3. The Morgan fingerprint density at radius 3 is 0.889 bits per heavy atom. The molecule has 0 unspecified atom stereocenters. The van der Waals surface area contributed by atoms with Crippen molar-refractivity contribution in [2.75, 3.05) is 0 Å². The molecule has 2 heteroatoms. The van der Waals surface area contributed by atoms with Crippen molar-refractivity contribution < 1.29 is 9.59 Å². The number of ketones is 2. The van der Waals surface area contributed by atoms with E-state index in [9.17, 15) is 9.59 Å². The zero-order valence-corrected chi connectivity index (χ0v) is 18.7. The van der Waals surface area contributed by atoms with Gasteiger partial charge in [0, 0.05) is 25.7 Å². The molecule has 0 amide bonds. The highest BCUT2D eigenvalue weighted by molar-refractivity contribution is 5.78. The minimum Gasteiger partial charge on any atom is -0.300 e. The lowest BCUT2D eigenvalue weighted by molar-refractivity contribution is -0.119. The molecule has 0 aliphatic rings. The van der Waals surface area contributed by atoms with Gasteiger partial charge in [-0.3, -0.25) is 9.59 Å². The standard InChI is InChI=1S/C25H48O2/c1-3-5-7-9-11-13-16-20-24(26)22-18-15-19-23-25(27)21-17-14-12-10-8-6-4-2/h3-23H2,1-2H3. The van der Waals surface area contributed by atoms with E-state index >= 15 is 0 Å². The van der Waals surface area contributed by atoms with Crippen LogP contribution >= 0.6 is 0 Å². The fourth-order valence-electron chi connectivity index (χ4n) is 3.63. The highest BCUT2D eigenvalue weighted by atomic mass is 16.1. The fraction of sp³-hybridized carbons (Fsp3) is 0.920. The number of Topliss-reactive ketones (excluding diaryl/α,β-unsaturated/α-hetero) is 2. The van der Waals surface area contributed by atoms with E-state index in [-0.39, 0.29) is 0 Å². The van der Waals surface area contributed by atoms with Crippen LogP contribution in [0.25, 0.3) is 0 Å². The molecule has 0 heterocycles. The second kappa shape index (κ2) is 21.6. The summed E-state index contributed by atoms with van der Waals surface area (Å²) in [6, 6.07) is 0. The smallest absolute Gasteiger partial charge is 0.132 e. The number of hydrogen-bond donors (Lipinski definition) is 0. The first-order valence-corrected chi connectivity index (χ1v) is 12.2. The monoisotopic (exact) mass is 380 g/mol. The second-order valence-electron chi connectivity index (χ2n) is 8.38. The predicted octanol–water partition coefficient (Wildman–Crippen LogP) is 8.36. The molecular formula is C25H48O2.